The molecule has 2 aliphatic rings. The number of likely N-dealkylation sites (tertiary alicyclic amines) is 1. The molecule has 1 fully saturated rings. The van der Waals surface area contributed by atoms with Crippen molar-refractivity contribution in [3.8, 4) is 0 Å². The zero-order chi connectivity index (χ0) is 10.3. The minimum Gasteiger partial charge on any atom is -0.300 e. The molecule has 3 nitrogen and oxygen atoms in total. The van der Waals surface area contributed by atoms with Crippen LogP contribution in [0.5, 0.6) is 0 Å². The number of aromatic nitrogens is 2. The lowest BCUT2D eigenvalue weighted by atomic mass is 9.78. The number of likely N-dealkylation sites (N-methyl/N-ethyl adjacent to an activating group) is 1. The van der Waals surface area contributed by atoms with Gasteiger partial charge in [0, 0.05) is 11.7 Å². The van der Waals surface area contributed by atoms with Crippen molar-refractivity contribution in [3.63, 3.8) is 0 Å². The Kier molecular flexibility index (Phi) is 2.28. The number of fused-ring (bicyclic) bond motifs is 2. The van der Waals surface area contributed by atoms with Crippen LogP contribution in [0.25, 0.3) is 0 Å². The number of piperidine rings is 1. The first-order valence-corrected chi connectivity index (χ1v) is 6.13. The molecule has 3 heteroatoms. The summed E-state index contributed by atoms with van der Waals surface area (Å²) >= 11 is 0. The molecular formula is C12H19N3. The van der Waals surface area contributed by atoms with Gasteiger partial charge < -0.3 is 4.90 Å². The molecule has 1 aromatic heterocycles. The molecule has 0 aromatic carbocycles. The van der Waals surface area contributed by atoms with Gasteiger partial charge in [-0.15, -0.1) is 0 Å². The predicted molar refractivity (Wildman–Crippen MR) is 59.8 cm³/mol. The fraction of sp³-hybridized carbons (Fsp3) is 0.750. The molecule has 0 radical (unpaired) electrons. The molecule has 1 N–H and O–H groups in total. The van der Waals surface area contributed by atoms with E-state index in [1.807, 2.05) is 6.20 Å². The summed E-state index contributed by atoms with van der Waals surface area (Å²) in [6.07, 6.45) is 7.23. The standard InChI is InChI=1S/C12H19N3/c1-2-15-5-3-4-9-6-11-10(7-12(9)15)8-13-14-11/h8-9,12H,2-7H2,1H3,(H,13,14). The average molecular weight is 205 g/mol. The van der Waals surface area contributed by atoms with Gasteiger partial charge in [0.2, 0.25) is 0 Å². The number of nitrogens with one attached hydrogen (secondary N) is 1. The van der Waals surface area contributed by atoms with Gasteiger partial charge in [0.25, 0.3) is 0 Å². The first kappa shape index (κ1) is 9.40. The van der Waals surface area contributed by atoms with E-state index >= 15 is 0 Å². The number of nitrogens with zero attached hydrogens (tertiary/aromatic N) is 2. The molecule has 3 rings (SSSR count). The van der Waals surface area contributed by atoms with Gasteiger partial charge in [-0.3, -0.25) is 5.10 Å². The molecule has 15 heavy (non-hydrogen) atoms. The Morgan fingerprint density at radius 1 is 1.53 bits per heavy atom. The second-order valence-electron chi connectivity index (χ2n) is 4.88. The number of rotatable bonds is 1. The number of aromatic amines is 1. The Balaban J connectivity index is 1.87. The molecule has 1 aliphatic carbocycles. The van der Waals surface area contributed by atoms with Crippen molar-refractivity contribution in [2.24, 2.45) is 5.92 Å². The molecule has 2 heterocycles. The maximum atomic E-state index is 4.17. The summed E-state index contributed by atoms with van der Waals surface area (Å²) in [5, 5.41) is 7.32. The number of hydrogen-bond donors (Lipinski definition) is 1. The summed E-state index contributed by atoms with van der Waals surface area (Å²) in [7, 11) is 0. The molecule has 2 atom stereocenters. The molecule has 82 valence electrons. The fourth-order valence-electron chi connectivity index (χ4n) is 3.32. The highest BCUT2D eigenvalue weighted by Crippen LogP contribution is 2.33. The Labute approximate surface area is 90.9 Å². The van der Waals surface area contributed by atoms with Crippen LogP contribution in [0.3, 0.4) is 0 Å². The quantitative estimate of drug-likeness (QED) is 0.755. The molecule has 0 spiro atoms. The summed E-state index contributed by atoms with van der Waals surface area (Å²) in [4.78, 5) is 2.66. The van der Waals surface area contributed by atoms with Gasteiger partial charge in [-0.05, 0) is 50.3 Å². The van der Waals surface area contributed by atoms with Crippen molar-refractivity contribution < 1.29 is 0 Å². The summed E-state index contributed by atoms with van der Waals surface area (Å²) in [5.74, 6) is 0.867. The molecule has 0 bridgehead atoms. The first-order valence-electron chi connectivity index (χ1n) is 6.13. The SMILES string of the molecule is CCN1CCCC2Cc3[nH]ncc3CC21. The lowest BCUT2D eigenvalue weighted by Crippen LogP contribution is -2.48. The van der Waals surface area contributed by atoms with Crippen molar-refractivity contribution in [2.45, 2.75) is 38.6 Å². The third-order valence-electron chi connectivity index (χ3n) is 4.14. The highest BCUT2D eigenvalue weighted by molar-refractivity contribution is 5.23. The van der Waals surface area contributed by atoms with Gasteiger partial charge in [0.15, 0.2) is 0 Å². The lowest BCUT2D eigenvalue weighted by Gasteiger charge is -2.43. The maximum absolute atomic E-state index is 4.17. The lowest BCUT2D eigenvalue weighted by molar-refractivity contribution is 0.0904. The van der Waals surface area contributed by atoms with Crippen molar-refractivity contribution >= 4 is 0 Å². The van der Waals surface area contributed by atoms with Crippen LogP contribution in [0.1, 0.15) is 31.0 Å². The van der Waals surface area contributed by atoms with Gasteiger partial charge in [0.05, 0.1) is 6.20 Å². The minimum atomic E-state index is 0.786. The predicted octanol–water partition coefficient (Wildman–Crippen LogP) is 1.61. The number of hydrogen-bond acceptors (Lipinski definition) is 2. The van der Waals surface area contributed by atoms with Crippen LogP contribution in [-0.2, 0) is 12.8 Å². The van der Waals surface area contributed by atoms with Crippen LogP contribution < -0.4 is 0 Å². The maximum Gasteiger partial charge on any atom is 0.0522 e. The van der Waals surface area contributed by atoms with E-state index in [-0.39, 0.29) is 0 Å². The van der Waals surface area contributed by atoms with Crippen LogP contribution in [0.2, 0.25) is 0 Å². The van der Waals surface area contributed by atoms with E-state index < -0.39 is 0 Å². The molecule has 1 aromatic rings. The van der Waals surface area contributed by atoms with Gasteiger partial charge in [-0.25, -0.2) is 0 Å². The molecular weight excluding hydrogens is 186 g/mol. The van der Waals surface area contributed by atoms with Crippen LogP contribution in [0, 0.1) is 5.92 Å². The Bertz CT molecular complexity index is 344. The largest absolute Gasteiger partial charge is 0.300 e. The molecule has 2 unspecified atom stereocenters. The van der Waals surface area contributed by atoms with Gasteiger partial charge in [-0.2, -0.15) is 5.10 Å². The van der Waals surface area contributed by atoms with E-state index in [0.717, 1.165) is 12.0 Å². The van der Waals surface area contributed by atoms with Gasteiger partial charge >= 0.3 is 0 Å². The van der Waals surface area contributed by atoms with E-state index in [9.17, 15) is 0 Å². The summed E-state index contributed by atoms with van der Waals surface area (Å²) in [6.45, 7) is 4.78. The second kappa shape index (κ2) is 3.63. The minimum absolute atomic E-state index is 0.786. The van der Waals surface area contributed by atoms with Crippen molar-refractivity contribution in [3.05, 3.63) is 17.5 Å². The summed E-state index contributed by atoms with van der Waals surface area (Å²) in [6, 6.07) is 0.786. The van der Waals surface area contributed by atoms with Crippen LogP contribution in [0.15, 0.2) is 6.20 Å². The van der Waals surface area contributed by atoms with Crippen molar-refractivity contribution in [1.29, 1.82) is 0 Å². The summed E-state index contributed by atoms with van der Waals surface area (Å²) in [5.41, 5.74) is 2.85. The molecule has 0 saturated carbocycles. The third-order valence-corrected chi connectivity index (χ3v) is 4.14. The summed E-state index contributed by atoms with van der Waals surface area (Å²) < 4.78 is 0. The van der Waals surface area contributed by atoms with Crippen LogP contribution in [-0.4, -0.2) is 34.2 Å². The van der Waals surface area contributed by atoms with Crippen LogP contribution in [0.4, 0.5) is 0 Å². The van der Waals surface area contributed by atoms with Crippen molar-refractivity contribution in [1.82, 2.24) is 15.1 Å². The topological polar surface area (TPSA) is 31.9 Å². The monoisotopic (exact) mass is 205 g/mol. The smallest absolute Gasteiger partial charge is 0.0522 e. The zero-order valence-electron chi connectivity index (χ0n) is 9.37. The van der Waals surface area contributed by atoms with E-state index in [0.29, 0.717) is 0 Å². The zero-order valence-corrected chi connectivity index (χ0v) is 9.37. The van der Waals surface area contributed by atoms with E-state index in [1.54, 1.807) is 0 Å². The number of H-pyrrole nitrogens is 1. The average Bonchev–Trinajstić information content (AvgIpc) is 2.72. The highest BCUT2D eigenvalue weighted by Gasteiger charge is 2.35. The normalized spacial score (nSPS) is 31.0. The Hall–Kier alpha value is -0.830. The van der Waals surface area contributed by atoms with Gasteiger partial charge in [-0.1, -0.05) is 6.92 Å². The highest BCUT2D eigenvalue weighted by atomic mass is 15.2. The Morgan fingerprint density at radius 2 is 2.47 bits per heavy atom. The fourth-order valence-corrected chi connectivity index (χ4v) is 3.32. The van der Waals surface area contributed by atoms with E-state index in [2.05, 4.69) is 22.0 Å². The van der Waals surface area contributed by atoms with E-state index in [1.165, 1.54) is 50.0 Å². The molecule has 0 amide bonds. The van der Waals surface area contributed by atoms with Crippen molar-refractivity contribution in [2.75, 3.05) is 13.1 Å². The Morgan fingerprint density at radius 3 is 3.33 bits per heavy atom. The van der Waals surface area contributed by atoms with E-state index in [4.69, 9.17) is 0 Å². The first-order chi connectivity index (χ1) is 7.38. The third kappa shape index (κ3) is 1.49. The molecule has 1 saturated heterocycles. The van der Waals surface area contributed by atoms with Gasteiger partial charge in [0.1, 0.15) is 0 Å². The second-order valence-corrected chi connectivity index (χ2v) is 4.88. The van der Waals surface area contributed by atoms with Crippen LogP contribution >= 0.6 is 0 Å². The molecule has 1 aliphatic heterocycles.